The van der Waals surface area contributed by atoms with Crippen molar-refractivity contribution in [2.75, 3.05) is 0 Å². The Morgan fingerprint density at radius 1 is 1.67 bits per heavy atom. The average Bonchev–Trinajstić information content (AvgIpc) is 1.94. The number of aromatic nitrogens is 1. The van der Waals surface area contributed by atoms with Crippen LogP contribution in [0.4, 0.5) is 0 Å². The molecule has 5 heteroatoms. The third-order valence-electron chi connectivity index (χ3n) is 1.19. The SMILES string of the molecule is Cc1nc(Br)ccc1OC(=S)Cl. The van der Waals surface area contributed by atoms with Crippen LogP contribution >= 0.6 is 39.7 Å². The summed E-state index contributed by atoms with van der Waals surface area (Å²) in [6, 6.07) is 3.51. The predicted molar refractivity (Wildman–Crippen MR) is 55.8 cm³/mol. The molecule has 0 radical (unpaired) electrons. The van der Waals surface area contributed by atoms with Gasteiger partial charge in [0.2, 0.25) is 0 Å². The maximum absolute atomic E-state index is 5.39. The Morgan fingerprint density at radius 2 is 2.33 bits per heavy atom. The monoisotopic (exact) mass is 265 g/mol. The van der Waals surface area contributed by atoms with Crippen LogP contribution in [0.2, 0.25) is 0 Å². The Kier molecular flexibility index (Phi) is 3.43. The van der Waals surface area contributed by atoms with Crippen LogP contribution in [-0.4, -0.2) is 9.49 Å². The molecule has 0 atom stereocenters. The average molecular weight is 267 g/mol. The van der Waals surface area contributed by atoms with Gasteiger partial charge in [0.05, 0.1) is 5.69 Å². The van der Waals surface area contributed by atoms with Gasteiger partial charge in [0.15, 0.2) is 5.75 Å². The molecule has 0 aromatic carbocycles. The lowest BCUT2D eigenvalue weighted by atomic mass is 10.3. The number of thiocarbonyl (C=S) groups is 1. The topological polar surface area (TPSA) is 22.1 Å². The van der Waals surface area contributed by atoms with E-state index in [2.05, 4.69) is 33.1 Å². The zero-order chi connectivity index (χ0) is 9.14. The Morgan fingerprint density at radius 3 is 2.83 bits per heavy atom. The van der Waals surface area contributed by atoms with Crippen molar-refractivity contribution in [3.8, 4) is 5.75 Å². The summed E-state index contributed by atoms with van der Waals surface area (Å²) in [4.78, 5) is 4.10. The first kappa shape index (κ1) is 9.89. The van der Waals surface area contributed by atoms with E-state index < -0.39 is 0 Å². The smallest absolute Gasteiger partial charge is 0.260 e. The van der Waals surface area contributed by atoms with Gasteiger partial charge in [0.25, 0.3) is 4.51 Å². The number of nitrogens with zero attached hydrogens (tertiary/aromatic N) is 1. The van der Waals surface area contributed by atoms with Gasteiger partial charge in [-0.2, -0.15) is 0 Å². The molecular weight excluding hydrogens is 262 g/mol. The molecule has 0 fully saturated rings. The van der Waals surface area contributed by atoms with Crippen molar-refractivity contribution >= 4 is 44.3 Å². The number of rotatable bonds is 1. The summed E-state index contributed by atoms with van der Waals surface area (Å²) < 4.78 is 5.75. The molecule has 1 heterocycles. The molecule has 0 amide bonds. The molecule has 0 N–H and O–H groups in total. The lowest BCUT2D eigenvalue weighted by Gasteiger charge is -2.03. The molecule has 1 rings (SSSR count). The number of ether oxygens (including phenoxy) is 1. The number of aryl methyl sites for hydroxylation is 1. The largest absolute Gasteiger partial charge is 0.434 e. The molecule has 0 aliphatic heterocycles. The highest BCUT2D eigenvalue weighted by atomic mass is 79.9. The zero-order valence-corrected chi connectivity index (χ0v) is 9.33. The van der Waals surface area contributed by atoms with E-state index in [1.54, 1.807) is 12.1 Å². The third-order valence-corrected chi connectivity index (χ3v) is 1.80. The van der Waals surface area contributed by atoms with E-state index in [0.717, 1.165) is 10.3 Å². The molecule has 64 valence electrons. The summed E-state index contributed by atoms with van der Waals surface area (Å²) in [7, 11) is 0. The Hall–Kier alpha value is -0.190. The summed E-state index contributed by atoms with van der Waals surface area (Å²) in [6.07, 6.45) is 0. The van der Waals surface area contributed by atoms with Crippen LogP contribution in [0, 0.1) is 6.92 Å². The third kappa shape index (κ3) is 2.69. The summed E-state index contributed by atoms with van der Waals surface area (Å²) in [6.45, 7) is 1.81. The molecule has 12 heavy (non-hydrogen) atoms. The van der Waals surface area contributed by atoms with Crippen LogP contribution in [-0.2, 0) is 0 Å². The Labute approximate surface area is 89.0 Å². The molecule has 1 aromatic rings. The van der Waals surface area contributed by atoms with Gasteiger partial charge in [-0.25, -0.2) is 4.98 Å². The molecule has 2 nitrogen and oxygen atoms in total. The second kappa shape index (κ2) is 4.16. The highest BCUT2D eigenvalue weighted by Gasteiger charge is 2.02. The first-order valence-corrected chi connectivity index (χ1v) is 4.68. The van der Waals surface area contributed by atoms with Crippen molar-refractivity contribution in [2.45, 2.75) is 6.92 Å². The summed E-state index contributed by atoms with van der Waals surface area (Å²) in [5, 5.41) is 0. The van der Waals surface area contributed by atoms with Crippen molar-refractivity contribution in [3.05, 3.63) is 22.4 Å². The van der Waals surface area contributed by atoms with E-state index in [9.17, 15) is 0 Å². The van der Waals surface area contributed by atoms with Crippen LogP contribution in [0.15, 0.2) is 16.7 Å². The van der Waals surface area contributed by atoms with Gasteiger partial charge in [-0.1, -0.05) is 0 Å². The van der Waals surface area contributed by atoms with Crippen LogP contribution in [0.5, 0.6) is 5.75 Å². The van der Waals surface area contributed by atoms with Crippen LogP contribution < -0.4 is 4.74 Å². The van der Waals surface area contributed by atoms with Crippen molar-refractivity contribution < 1.29 is 4.74 Å². The fraction of sp³-hybridized carbons (Fsp3) is 0.143. The van der Waals surface area contributed by atoms with Crippen molar-refractivity contribution in [1.82, 2.24) is 4.98 Å². The summed E-state index contributed by atoms with van der Waals surface area (Å²) in [5.41, 5.74) is 0.743. The Bertz CT molecular complexity index is 318. The summed E-state index contributed by atoms with van der Waals surface area (Å²) >= 11 is 13.2. The highest BCUT2D eigenvalue weighted by molar-refractivity contribution is 9.10. The van der Waals surface area contributed by atoms with Crippen molar-refractivity contribution in [1.29, 1.82) is 0 Å². The van der Waals surface area contributed by atoms with Crippen molar-refractivity contribution in [3.63, 3.8) is 0 Å². The standard InChI is InChI=1S/C7H5BrClNOS/c1-4-5(11-7(9)12)2-3-6(8)10-4/h2-3H,1H3. The van der Waals surface area contributed by atoms with E-state index in [4.69, 9.17) is 16.3 Å². The van der Waals surface area contributed by atoms with E-state index in [1.807, 2.05) is 6.92 Å². The number of hydrogen-bond acceptors (Lipinski definition) is 3. The fourth-order valence-corrected chi connectivity index (χ4v) is 1.28. The first-order valence-electron chi connectivity index (χ1n) is 3.10. The lowest BCUT2D eigenvalue weighted by Crippen LogP contribution is -1.98. The molecule has 0 saturated heterocycles. The van der Waals surface area contributed by atoms with E-state index >= 15 is 0 Å². The minimum atomic E-state index is -0.0257. The Balaban J connectivity index is 2.93. The maximum Gasteiger partial charge on any atom is 0.260 e. The molecule has 0 bridgehead atoms. The van der Waals surface area contributed by atoms with Gasteiger partial charge in [0.1, 0.15) is 4.60 Å². The molecule has 0 saturated carbocycles. The minimum Gasteiger partial charge on any atom is -0.434 e. The number of pyridine rings is 1. The maximum atomic E-state index is 5.39. The van der Waals surface area contributed by atoms with E-state index in [0.29, 0.717) is 5.75 Å². The predicted octanol–water partition coefficient (Wildman–Crippen LogP) is 3.06. The van der Waals surface area contributed by atoms with Crippen LogP contribution in [0.3, 0.4) is 0 Å². The second-order valence-electron chi connectivity index (χ2n) is 2.06. The van der Waals surface area contributed by atoms with Gasteiger partial charge in [0, 0.05) is 0 Å². The number of halogens is 2. The molecule has 0 aliphatic carbocycles. The quantitative estimate of drug-likeness (QED) is 0.443. The molecular formula is C7H5BrClNOS. The van der Waals surface area contributed by atoms with E-state index in [1.165, 1.54) is 0 Å². The van der Waals surface area contributed by atoms with Crippen LogP contribution in [0.25, 0.3) is 0 Å². The minimum absolute atomic E-state index is 0.0257. The van der Waals surface area contributed by atoms with Gasteiger partial charge in [-0.05, 0) is 58.8 Å². The fourth-order valence-electron chi connectivity index (χ4n) is 0.712. The molecule has 0 unspecified atom stereocenters. The number of hydrogen-bond donors (Lipinski definition) is 0. The second-order valence-corrected chi connectivity index (χ2v) is 3.81. The van der Waals surface area contributed by atoms with Crippen molar-refractivity contribution in [2.24, 2.45) is 0 Å². The van der Waals surface area contributed by atoms with Gasteiger partial charge in [-0.15, -0.1) is 0 Å². The first-order chi connectivity index (χ1) is 5.59. The molecule has 0 aliphatic rings. The summed E-state index contributed by atoms with van der Waals surface area (Å²) in [5.74, 6) is 0.582. The lowest BCUT2D eigenvalue weighted by molar-refractivity contribution is 0.567. The van der Waals surface area contributed by atoms with Gasteiger partial charge in [-0.3, -0.25) is 0 Å². The zero-order valence-electron chi connectivity index (χ0n) is 6.17. The molecule has 1 aromatic heterocycles. The van der Waals surface area contributed by atoms with Crippen LogP contribution in [0.1, 0.15) is 5.69 Å². The molecule has 0 spiro atoms. The van der Waals surface area contributed by atoms with Gasteiger partial charge >= 0.3 is 0 Å². The normalized spacial score (nSPS) is 9.58. The van der Waals surface area contributed by atoms with Gasteiger partial charge < -0.3 is 4.74 Å². The van der Waals surface area contributed by atoms with E-state index in [-0.39, 0.29) is 4.51 Å². The highest BCUT2D eigenvalue weighted by Crippen LogP contribution is 2.19.